The van der Waals surface area contributed by atoms with E-state index in [2.05, 4.69) is 31.3 Å². The van der Waals surface area contributed by atoms with Crippen molar-refractivity contribution >= 4 is 74.2 Å². The molecule has 0 aliphatic rings. The molecule has 1 atom stereocenters. The van der Waals surface area contributed by atoms with Gasteiger partial charge in [0.2, 0.25) is 0 Å². The van der Waals surface area contributed by atoms with Gasteiger partial charge in [-0.2, -0.15) is 5.10 Å². The maximum atomic E-state index is 12.8. The predicted molar refractivity (Wildman–Crippen MR) is 134 cm³/mol. The lowest BCUT2D eigenvalue weighted by Gasteiger charge is -2.22. The van der Waals surface area contributed by atoms with Gasteiger partial charge in [0.15, 0.2) is 11.9 Å². The number of nitrogens with zero attached hydrogens (tertiary/aromatic N) is 4. The molecule has 0 fully saturated rings. The zero-order chi connectivity index (χ0) is 25.0. The van der Waals surface area contributed by atoms with Crippen molar-refractivity contribution in [3.05, 3.63) is 67.5 Å². The van der Waals surface area contributed by atoms with Crippen molar-refractivity contribution in [2.45, 2.75) is 19.8 Å². The molecule has 1 aromatic carbocycles. The SMILES string of the molecule is COCc1cccnc1N(C)C(=O)OC(C)n1nc(C(=O)Nc2ccc(Cl)cc2Cl)c(Br)c1Cl. The first-order valence-corrected chi connectivity index (χ1v) is 11.6. The first kappa shape index (κ1) is 26.2. The molecule has 0 aliphatic carbocycles. The molecule has 2 amide bonds. The fourth-order valence-electron chi connectivity index (χ4n) is 2.91. The van der Waals surface area contributed by atoms with E-state index in [0.717, 1.165) is 0 Å². The van der Waals surface area contributed by atoms with Gasteiger partial charge in [0, 0.05) is 30.9 Å². The molecule has 0 saturated carbocycles. The second kappa shape index (κ2) is 11.4. The van der Waals surface area contributed by atoms with Crippen LogP contribution in [0.5, 0.6) is 0 Å². The fourth-order valence-corrected chi connectivity index (χ4v) is 4.08. The van der Waals surface area contributed by atoms with Crippen LogP contribution in [0.2, 0.25) is 15.2 Å². The Morgan fingerprint density at radius 3 is 2.68 bits per heavy atom. The lowest BCUT2D eigenvalue weighted by Crippen LogP contribution is -2.31. The highest BCUT2D eigenvalue weighted by atomic mass is 79.9. The fraction of sp³-hybridized carbons (Fsp3) is 0.238. The number of hydrogen-bond donors (Lipinski definition) is 1. The van der Waals surface area contributed by atoms with Crippen LogP contribution in [-0.4, -0.2) is 40.9 Å². The van der Waals surface area contributed by atoms with Crippen LogP contribution in [0.25, 0.3) is 0 Å². The van der Waals surface area contributed by atoms with Crippen molar-refractivity contribution in [3.8, 4) is 0 Å². The molecule has 2 aromatic heterocycles. The summed E-state index contributed by atoms with van der Waals surface area (Å²) in [5.74, 6) is -0.195. The van der Waals surface area contributed by atoms with E-state index in [1.165, 1.54) is 22.7 Å². The second-order valence-corrected chi connectivity index (χ2v) is 8.93. The van der Waals surface area contributed by atoms with E-state index in [0.29, 0.717) is 22.1 Å². The average Bonchev–Trinajstić information content (AvgIpc) is 3.10. The van der Waals surface area contributed by atoms with Crippen LogP contribution in [0.15, 0.2) is 41.0 Å². The second-order valence-electron chi connectivity index (χ2n) is 6.94. The Kier molecular flexibility index (Phi) is 8.78. The molecule has 1 N–H and O–H groups in total. The monoisotopic (exact) mass is 589 g/mol. The normalized spacial score (nSPS) is 11.7. The quantitative estimate of drug-likeness (QED) is 0.352. The number of carbonyl (C=O) groups excluding carboxylic acids is 2. The van der Waals surface area contributed by atoms with Crippen molar-refractivity contribution in [3.63, 3.8) is 0 Å². The van der Waals surface area contributed by atoms with Gasteiger partial charge >= 0.3 is 6.09 Å². The third kappa shape index (κ3) is 5.81. The number of methoxy groups -OCH3 is 1. The number of rotatable bonds is 7. The van der Waals surface area contributed by atoms with Crippen molar-refractivity contribution < 1.29 is 19.1 Å². The predicted octanol–water partition coefficient (Wildman–Crippen LogP) is 6.19. The summed E-state index contributed by atoms with van der Waals surface area (Å²) >= 11 is 21.6. The number of aromatic nitrogens is 3. The number of anilines is 2. The maximum Gasteiger partial charge on any atom is 0.417 e. The Morgan fingerprint density at radius 1 is 1.26 bits per heavy atom. The Bertz CT molecular complexity index is 1220. The lowest BCUT2D eigenvalue weighted by atomic mass is 10.2. The maximum absolute atomic E-state index is 12.8. The van der Waals surface area contributed by atoms with Gasteiger partial charge in [-0.25, -0.2) is 14.5 Å². The van der Waals surface area contributed by atoms with Crippen LogP contribution < -0.4 is 10.2 Å². The van der Waals surface area contributed by atoms with Gasteiger partial charge in [-0.1, -0.05) is 40.9 Å². The number of carbonyl (C=O) groups is 2. The van der Waals surface area contributed by atoms with Crippen LogP contribution in [0.1, 0.15) is 29.2 Å². The molecule has 1 unspecified atom stereocenters. The summed E-state index contributed by atoms with van der Waals surface area (Å²) in [7, 11) is 3.06. The van der Waals surface area contributed by atoms with Crippen molar-refractivity contribution in [2.24, 2.45) is 0 Å². The van der Waals surface area contributed by atoms with Crippen LogP contribution >= 0.6 is 50.7 Å². The van der Waals surface area contributed by atoms with E-state index in [4.69, 9.17) is 44.3 Å². The van der Waals surface area contributed by atoms with Gasteiger partial charge in [-0.3, -0.25) is 9.69 Å². The molecule has 180 valence electrons. The molecule has 3 rings (SSSR count). The van der Waals surface area contributed by atoms with Crippen molar-refractivity contribution in [2.75, 3.05) is 24.4 Å². The zero-order valence-electron chi connectivity index (χ0n) is 18.2. The van der Waals surface area contributed by atoms with E-state index < -0.39 is 18.2 Å². The third-order valence-corrected chi connectivity index (χ3v) is 6.46. The van der Waals surface area contributed by atoms with E-state index in [1.807, 2.05) is 0 Å². The minimum Gasteiger partial charge on any atom is -0.423 e. The highest BCUT2D eigenvalue weighted by Crippen LogP contribution is 2.31. The number of pyridine rings is 1. The molecule has 0 aliphatic heterocycles. The number of benzene rings is 1. The van der Waals surface area contributed by atoms with Crippen LogP contribution in [0.4, 0.5) is 16.3 Å². The molecular weight excluding hydrogens is 573 g/mol. The van der Waals surface area contributed by atoms with Gasteiger partial charge < -0.3 is 14.8 Å². The summed E-state index contributed by atoms with van der Waals surface area (Å²) in [5, 5.41) is 7.60. The van der Waals surface area contributed by atoms with E-state index in [1.54, 1.807) is 44.5 Å². The largest absolute Gasteiger partial charge is 0.423 e. The molecule has 3 aromatic rings. The molecule has 13 heteroatoms. The standard InChI is InChI=1S/C21H19BrCl3N5O4/c1-11(34-21(32)29(2)19-12(10-33-3)5-4-8-26-19)30-18(25)16(22)17(28-30)20(31)27-15-7-6-13(23)9-14(15)24/h4-9,11H,10H2,1-3H3,(H,27,31). The number of ether oxygens (including phenoxy) is 2. The highest BCUT2D eigenvalue weighted by molar-refractivity contribution is 9.10. The van der Waals surface area contributed by atoms with Gasteiger partial charge in [-0.15, -0.1) is 0 Å². The Labute approximate surface area is 219 Å². The zero-order valence-corrected chi connectivity index (χ0v) is 22.0. The lowest BCUT2D eigenvalue weighted by molar-refractivity contribution is 0.0660. The van der Waals surface area contributed by atoms with Gasteiger partial charge in [-0.05, 0) is 47.1 Å². The Morgan fingerprint density at radius 2 is 2.00 bits per heavy atom. The minimum absolute atomic E-state index is 0.0284. The van der Waals surface area contributed by atoms with Gasteiger partial charge in [0.25, 0.3) is 5.91 Å². The summed E-state index contributed by atoms with van der Waals surface area (Å²) < 4.78 is 12.1. The molecular formula is C21H19BrCl3N5O4. The Hall–Kier alpha value is -2.37. The summed E-state index contributed by atoms with van der Waals surface area (Å²) in [6.07, 6.45) is -0.0970. The van der Waals surface area contributed by atoms with Crippen molar-refractivity contribution in [1.29, 1.82) is 0 Å². The van der Waals surface area contributed by atoms with Crippen LogP contribution in [0.3, 0.4) is 0 Å². The molecule has 0 bridgehead atoms. The number of amides is 2. The van der Waals surface area contributed by atoms with Crippen molar-refractivity contribution in [1.82, 2.24) is 14.8 Å². The van der Waals surface area contributed by atoms with Crippen LogP contribution in [0, 0.1) is 0 Å². The number of hydrogen-bond acceptors (Lipinski definition) is 6. The third-order valence-electron chi connectivity index (χ3n) is 4.57. The summed E-state index contributed by atoms with van der Waals surface area (Å²) in [5.41, 5.74) is 1.02. The molecule has 0 saturated heterocycles. The highest BCUT2D eigenvalue weighted by Gasteiger charge is 2.26. The number of halogens is 4. The Balaban J connectivity index is 1.77. The summed E-state index contributed by atoms with van der Waals surface area (Å²) in [6.45, 7) is 1.83. The number of nitrogens with one attached hydrogen (secondary N) is 1. The van der Waals surface area contributed by atoms with E-state index in [-0.39, 0.29) is 26.9 Å². The smallest absolute Gasteiger partial charge is 0.417 e. The summed E-state index contributed by atoms with van der Waals surface area (Å²) in [6, 6.07) is 8.17. The molecule has 0 radical (unpaired) electrons. The topological polar surface area (TPSA) is 98.6 Å². The summed E-state index contributed by atoms with van der Waals surface area (Å²) in [4.78, 5) is 31.0. The van der Waals surface area contributed by atoms with Crippen LogP contribution in [-0.2, 0) is 16.1 Å². The van der Waals surface area contributed by atoms with Gasteiger partial charge in [0.05, 0.1) is 21.8 Å². The molecule has 34 heavy (non-hydrogen) atoms. The minimum atomic E-state index is -0.950. The molecule has 0 spiro atoms. The van der Waals surface area contributed by atoms with E-state index in [9.17, 15) is 9.59 Å². The first-order valence-electron chi connectivity index (χ1n) is 9.71. The van der Waals surface area contributed by atoms with Gasteiger partial charge in [0.1, 0.15) is 11.0 Å². The molecule has 2 heterocycles. The molecule has 9 nitrogen and oxygen atoms in total. The average molecular weight is 592 g/mol. The van der Waals surface area contributed by atoms with E-state index >= 15 is 0 Å². The first-order chi connectivity index (χ1) is 16.1.